The third kappa shape index (κ3) is 4.40. The van der Waals surface area contributed by atoms with E-state index in [4.69, 9.17) is 5.84 Å². The standard InChI is InChI=1S/C18H23BrN2/c1-18(2,3)15-9-7-13(8-10-15)11-17(21-20)14-5-4-6-16(19)12-14/h4-10,12,17,21H,11,20H2,1-3H3. The predicted octanol–water partition coefficient (Wildman–Crippen LogP) is 4.49. The average molecular weight is 347 g/mol. The molecule has 112 valence electrons. The fourth-order valence-corrected chi connectivity index (χ4v) is 2.79. The van der Waals surface area contributed by atoms with Gasteiger partial charge in [-0.1, -0.05) is 73.1 Å². The molecule has 3 N–H and O–H groups in total. The maximum absolute atomic E-state index is 5.74. The van der Waals surface area contributed by atoms with E-state index in [0.29, 0.717) is 0 Å². The van der Waals surface area contributed by atoms with Gasteiger partial charge >= 0.3 is 0 Å². The van der Waals surface area contributed by atoms with E-state index >= 15 is 0 Å². The highest BCUT2D eigenvalue weighted by molar-refractivity contribution is 9.10. The van der Waals surface area contributed by atoms with Crippen LogP contribution in [-0.2, 0) is 11.8 Å². The van der Waals surface area contributed by atoms with Crippen LogP contribution in [0.5, 0.6) is 0 Å². The molecule has 0 saturated heterocycles. The minimum atomic E-state index is 0.114. The van der Waals surface area contributed by atoms with Crippen molar-refractivity contribution in [3.63, 3.8) is 0 Å². The second-order valence-electron chi connectivity index (χ2n) is 6.43. The van der Waals surface area contributed by atoms with Gasteiger partial charge in [0.25, 0.3) is 0 Å². The van der Waals surface area contributed by atoms with E-state index < -0.39 is 0 Å². The fraction of sp³-hybridized carbons (Fsp3) is 0.333. The Morgan fingerprint density at radius 3 is 2.29 bits per heavy atom. The highest BCUT2D eigenvalue weighted by Crippen LogP contribution is 2.25. The zero-order chi connectivity index (χ0) is 15.5. The van der Waals surface area contributed by atoms with Crippen molar-refractivity contribution in [1.29, 1.82) is 0 Å². The Kier molecular flexibility index (Phi) is 5.20. The van der Waals surface area contributed by atoms with E-state index in [1.165, 1.54) is 16.7 Å². The van der Waals surface area contributed by atoms with Crippen molar-refractivity contribution in [2.45, 2.75) is 38.6 Å². The zero-order valence-electron chi connectivity index (χ0n) is 12.9. The lowest BCUT2D eigenvalue weighted by atomic mass is 9.86. The second-order valence-corrected chi connectivity index (χ2v) is 7.34. The largest absolute Gasteiger partial charge is 0.271 e. The first-order valence-corrected chi connectivity index (χ1v) is 8.00. The molecule has 0 aliphatic heterocycles. The van der Waals surface area contributed by atoms with Gasteiger partial charge in [-0.05, 0) is 40.7 Å². The summed E-state index contributed by atoms with van der Waals surface area (Å²) in [4.78, 5) is 0. The van der Waals surface area contributed by atoms with Gasteiger partial charge in [-0.2, -0.15) is 0 Å². The summed E-state index contributed by atoms with van der Waals surface area (Å²) < 4.78 is 1.07. The van der Waals surface area contributed by atoms with Crippen molar-refractivity contribution in [2.75, 3.05) is 0 Å². The molecule has 0 radical (unpaired) electrons. The van der Waals surface area contributed by atoms with E-state index in [0.717, 1.165) is 10.9 Å². The van der Waals surface area contributed by atoms with E-state index in [1.807, 2.05) is 12.1 Å². The van der Waals surface area contributed by atoms with Gasteiger partial charge in [0.05, 0.1) is 6.04 Å². The van der Waals surface area contributed by atoms with Crippen LogP contribution in [0.15, 0.2) is 53.0 Å². The van der Waals surface area contributed by atoms with E-state index in [-0.39, 0.29) is 11.5 Å². The van der Waals surface area contributed by atoms with Crippen LogP contribution in [0, 0.1) is 0 Å². The first-order chi connectivity index (χ1) is 9.90. The first-order valence-electron chi connectivity index (χ1n) is 7.21. The third-order valence-corrected chi connectivity index (χ3v) is 4.21. The van der Waals surface area contributed by atoms with Gasteiger partial charge in [-0.15, -0.1) is 0 Å². The monoisotopic (exact) mass is 346 g/mol. The molecule has 0 fully saturated rings. The maximum atomic E-state index is 5.74. The van der Waals surface area contributed by atoms with E-state index in [1.54, 1.807) is 0 Å². The minimum absolute atomic E-state index is 0.114. The quantitative estimate of drug-likeness (QED) is 0.632. The predicted molar refractivity (Wildman–Crippen MR) is 93.1 cm³/mol. The summed E-state index contributed by atoms with van der Waals surface area (Å²) in [5.74, 6) is 5.74. The molecule has 0 aromatic heterocycles. The molecule has 0 aliphatic rings. The number of nitrogens with two attached hydrogens (primary N) is 1. The molecule has 21 heavy (non-hydrogen) atoms. The molecule has 0 spiro atoms. The molecule has 1 atom stereocenters. The van der Waals surface area contributed by atoms with Crippen LogP contribution in [0.3, 0.4) is 0 Å². The summed E-state index contributed by atoms with van der Waals surface area (Å²) in [7, 11) is 0. The second kappa shape index (κ2) is 6.73. The van der Waals surface area contributed by atoms with Gasteiger partial charge in [-0.3, -0.25) is 11.3 Å². The molecule has 1 unspecified atom stereocenters. The average Bonchev–Trinajstić information content (AvgIpc) is 2.44. The number of hydrazine groups is 1. The molecule has 0 aliphatic carbocycles. The molecule has 2 rings (SSSR count). The van der Waals surface area contributed by atoms with Crippen molar-refractivity contribution in [3.8, 4) is 0 Å². The number of hydrogen-bond donors (Lipinski definition) is 2. The summed E-state index contributed by atoms with van der Waals surface area (Å²) in [5.41, 5.74) is 6.93. The van der Waals surface area contributed by atoms with Crippen LogP contribution in [0.4, 0.5) is 0 Å². The van der Waals surface area contributed by atoms with Crippen LogP contribution in [0.25, 0.3) is 0 Å². The molecule has 0 bridgehead atoms. The highest BCUT2D eigenvalue weighted by atomic mass is 79.9. The zero-order valence-corrected chi connectivity index (χ0v) is 14.4. The van der Waals surface area contributed by atoms with E-state index in [9.17, 15) is 0 Å². The highest BCUT2D eigenvalue weighted by Gasteiger charge is 2.14. The lowest BCUT2D eigenvalue weighted by Gasteiger charge is -2.20. The summed E-state index contributed by atoms with van der Waals surface area (Å²) in [5, 5.41) is 0. The molecule has 2 nitrogen and oxygen atoms in total. The number of nitrogens with one attached hydrogen (secondary N) is 1. The van der Waals surface area contributed by atoms with Crippen molar-refractivity contribution in [1.82, 2.24) is 5.43 Å². The SMILES string of the molecule is CC(C)(C)c1ccc(CC(NN)c2cccc(Br)c2)cc1. The van der Waals surface area contributed by atoms with Crippen LogP contribution < -0.4 is 11.3 Å². The molecule has 0 heterocycles. The first kappa shape index (κ1) is 16.2. The van der Waals surface area contributed by atoms with Gasteiger partial charge in [0.15, 0.2) is 0 Å². The summed E-state index contributed by atoms with van der Waals surface area (Å²) in [6.45, 7) is 6.69. The lowest BCUT2D eigenvalue weighted by Crippen LogP contribution is -2.29. The maximum Gasteiger partial charge on any atom is 0.0500 e. The third-order valence-electron chi connectivity index (χ3n) is 3.71. The van der Waals surface area contributed by atoms with E-state index in [2.05, 4.69) is 78.5 Å². The summed E-state index contributed by atoms with van der Waals surface area (Å²) in [6.07, 6.45) is 0.872. The number of rotatable bonds is 4. The summed E-state index contributed by atoms with van der Waals surface area (Å²) in [6, 6.07) is 17.2. The van der Waals surface area contributed by atoms with Gasteiger partial charge < -0.3 is 0 Å². The smallest absolute Gasteiger partial charge is 0.0500 e. The molecular formula is C18H23BrN2. The van der Waals surface area contributed by atoms with Crippen LogP contribution >= 0.6 is 15.9 Å². The Morgan fingerprint density at radius 2 is 1.76 bits per heavy atom. The molecule has 2 aromatic rings. The van der Waals surface area contributed by atoms with Gasteiger partial charge in [0.1, 0.15) is 0 Å². The molecular weight excluding hydrogens is 324 g/mol. The fourth-order valence-electron chi connectivity index (χ4n) is 2.37. The topological polar surface area (TPSA) is 38.0 Å². The van der Waals surface area contributed by atoms with Crippen molar-refractivity contribution in [2.24, 2.45) is 5.84 Å². The van der Waals surface area contributed by atoms with Gasteiger partial charge in [0.2, 0.25) is 0 Å². The molecule has 2 aromatic carbocycles. The van der Waals surface area contributed by atoms with Gasteiger partial charge in [0, 0.05) is 4.47 Å². The Bertz CT molecular complexity index is 585. The number of halogens is 1. The minimum Gasteiger partial charge on any atom is -0.271 e. The van der Waals surface area contributed by atoms with Crippen molar-refractivity contribution < 1.29 is 0 Å². The van der Waals surface area contributed by atoms with Gasteiger partial charge in [-0.25, -0.2) is 0 Å². The van der Waals surface area contributed by atoms with Crippen molar-refractivity contribution in [3.05, 3.63) is 69.7 Å². The Hall–Kier alpha value is -1.16. The molecule has 0 saturated carbocycles. The Labute approximate surface area is 135 Å². The molecule has 0 amide bonds. The Morgan fingerprint density at radius 1 is 1.10 bits per heavy atom. The Balaban J connectivity index is 2.15. The summed E-state index contributed by atoms with van der Waals surface area (Å²) >= 11 is 3.51. The normalized spacial score (nSPS) is 13.2. The van der Waals surface area contributed by atoms with Crippen LogP contribution in [0.2, 0.25) is 0 Å². The van der Waals surface area contributed by atoms with Crippen LogP contribution in [0.1, 0.15) is 43.5 Å². The lowest BCUT2D eigenvalue weighted by molar-refractivity contribution is 0.550. The molecule has 3 heteroatoms. The number of benzene rings is 2. The van der Waals surface area contributed by atoms with Crippen LogP contribution in [-0.4, -0.2) is 0 Å². The number of hydrogen-bond acceptors (Lipinski definition) is 2. The van der Waals surface area contributed by atoms with Crippen molar-refractivity contribution >= 4 is 15.9 Å².